The molecule has 0 aromatic heterocycles. The van der Waals surface area contributed by atoms with Gasteiger partial charge in [0, 0.05) is 16.8 Å². The Balaban J connectivity index is 1.11. The minimum Gasteiger partial charge on any atom is -0.398 e. The van der Waals surface area contributed by atoms with Crippen molar-refractivity contribution in [2.45, 2.75) is 10.8 Å². The third kappa shape index (κ3) is 4.70. The zero-order valence-electron chi connectivity index (χ0n) is 31.4. The maximum Gasteiger partial charge on any atom is 0.0713 e. The number of para-hydroxylation sites is 1. The fourth-order valence-electron chi connectivity index (χ4n) is 10.3. The average Bonchev–Trinajstić information content (AvgIpc) is 3.75. The molecule has 2 N–H and O–H groups in total. The quantitative estimate of drug-likeness (QED) is 0.170. The molecule has 0 aliphatic heterocycles. The Morgan fingerprint density at radius 2 is 0.544 bits per heavy atom. The van der Waals surface area contributed by atoms with E-state index in [1.165, 1.54) is 66.8 Å². The molecule has 0 radical (unpaired) electrons. The van der Waals surface area contributed by atoms with E-state index in [1.807, 2.05) is 0 Å². The minimum atomic E-state index is -0.482. The summed E-state index contributed by atoms with van der Waals surface area (Å²) in [6, 6.07) is 82.2. The lowest BCUT2D eigenvalue weighted by Crippen LogP contribution is -2.28. The molecule has 0 amide bonds. The van der Waals surface area contributed by atoms with Gasteiger partial charge in [0.1, 0.15) is 0 Å². The summed E-state index contributed by atoms with van der Waals surface area (Å²) in [5.41, 5.74) is 26.7. The monoisotopic (exact) mass is 725 g/mol. The highest BCUT2D eigenvalue weighted by Gasteiger charge is 2.47. The highest BCUT2D eigenvalue weighted by Crippen LogP contribution is 2.58. The maximum atomic E-state index is 7.39. The third-order valence-electron chi connectivity index (χ3n) is 12.6. The lowest BCUT2D eigenvalue weighted by atomic mass is 9.67. The summed E-state index contributed by atoms with van der Waals surface area (Å²) in [6.45, 7) is 0. The van der Waals surface area contributed by atoms with Crippen LogP contribution in [0.1, 0.15) is 44.5 Å². The van der Waals surface area contributed by atoms with Crippen molar-refractivity contribution in [2.75, 3.05) is 5.73 Å². The Morgan fingerprint density at radius 1 is 0.246 bits per heavy atom. The average molecular weight is 726 g/mol. The Labute approximate surface area is 334 Å². The van der Waals surface area contributed by atoms with Gasteiger partial charge in [0.2, 0.25) is 0 Å². The first-order valence-electron chi connectivity index (χ1n) is 19.8. The second kappa shape index (κ2) is 12.9. The fraction of sp³-hybridized carbons (Fsp3) is 0.0357. The SMILES string of the molecule is Nc1c(-c2ccc3c(c2)C(c2ccccc2)(c2ccccc2)c2ccccc2-3)cccc1-c1ccc2c(c1)C(c1ccccc1)(c1ccccc1)c1ccccc1-2. The predicted octanol–water partition coefficient (Wildman–Crippen LogP) is 13.3. The third-order valence-corrected chi connectivity index (χ3v) is 12.6. The number of nitrogens with two attached hydrogens (primary N) is 1. The largest absolute Gasteiger partial charge is 0.398 e. The van der Waals surface area contributed by atoms with Crippen LogP contribution < -0.4 is 5.73 Å². The van der Waals surface area contributed by atoms with Crippen LogP contribution in [0.4, 0.5) is 5.69 Å². The Bertz CT molecular complexity index is 2670. The maximum absolute atomic E-state index is 7.39. The smallest absolute Gasteiger partial charge is 0.0713 e. The summed E-state index contributed by atoms with van der Waals surface area (Å²) < 4.78 is 0. The van der Waals surface area contributed by atoms with Gasteiger partial charge in [-0.3, -0.25) is 0 Å². The molecule has 9 aromatic carbocycles. The van der Waals surface area contributed by atoms with Crippen molar-refractivity contribution in [1.29, 1.82) is 0 Å². The van der Waals surface area contributed by atoms with E-state index in [0.717, 1.165) is 27.9 Å². The molecule has 0 fully saturated rings. The first kappa shape index (κ1) is 33.1. The van der Waals surface area contributed by atoms with E-state index in [2.05, 4.69) is 224 Å². The first-order valence-corrected chi connectivity index (χ1v) is 19.8. The molecular weight excluding hydrogens is 687 g/mol. The van der Waals surface area contributed by atoms with Crippen molar-refractivity contribution in [3.05, 3.63) is 269 Å². The van der Waals surface area contributed by atoms with E-state index >= 15 is 0 Å². The molecule has 9 aromatic rings. The van der Waals surface area contributed by atoms with E-state index < -0.39 is 10.8 Å². The van der Waals surface area contributed by atoms with E-state index in [0.29, 0.717) is 0 Å². The summed E-state index contributed by atoms with van der Waals surface area (Å²) in [5.74, 6) is 0. The molecule has 0 spiro atoms. The van der Waals surface area contributed by atoms with Gasteiger partial charge in [-0.25, -0.2) is 0 Å². The van der Waals surface area contributed by atoms with Crippen LogP contribution in [-0.4, -0.2) is 0 Å². The van der Waals surface area contributed by atoms with Crippen LogP contribution in [0.15, 0.2) is 224 Å². The molecule has 0 heterocycles. The number of fused-ring (bicyclic) bond motifs is 6. The van der Waals surface area contributed by atoms with Crippen molar-refractivity contribution in [3.8, 4) is 44.5 Å². The summed E-state index contributed by atoms with van der Waals surface area (Å²) in [6.07, 6.45) is 0. The summed E-state index contributed by atoms with van der Waals surface area (Å²) in [5, 5.41) is 0. The zero-order chi connectivity index (χ0) is 38.0. The first-order chi connectivity index (χ1) is 28.2. The molecule has 57 heavy (non-hydrogen) atoms. The van der Waals surface area contributed by atoms with Crippen molar-refractivity contribution < 1.29 is 0 Å². The van der Waals surface area contributed by atoms with E-state index in [9.17, 15) is 0 Å². The van der Waals surface area contributed by atoms with E-state index in [-0.39, 0.29) is 0 Å². The number of hydrogen-bond acceptors (Lipinski definition) is 1. The van der Waals surface area contributed by atoms with Gasteiger partial charge in [0.05, 0.1) is 10.8 Å². The van der Waals surface area contributed by atoms with Crippen molar-refractivity contribution in [3.63, 3.8) is 0 Å². The van der Waals surface area contributed by atoms with Crippen LogP contribution in [0.2, 0.25) is 0 Å². The zero-order valence-corrected chi connectivity index (χ0v) is 31.4. The van der Waals surface area contributed by atoms with Crippen LogP contribution in [0, 0.1) is 0 Å². The minimum absolute atomic E-state index is 0.482. The van der Waals surface area contributed by atoms with E-state index in [1.54, 1.807) is 0 Å². The van der Waals surface area contributed by atoms with Gasteiger partial charge in [-0.1, -0.05) is 212 Å². The lowest BCUT2D eigenvalue weighted by Gasteiger charge is -2.34. The van der Waals surface area contributed by atoms with Gasteiger partial charge < -0.3 is 5.73 Å². The molecule has 1 heteroatoms. The molecule has 2 aliphatic rings. The number of anilines is 1. The number of benzene rings is 9. The topological polar surface area (TPSA) is 26.0 Å². The Morgan fingerprint density at radius 3 is 0.912 bits per heavy atom. The van der Waals surface area contributed by atoms with Gasteiger partial charge in [0.25, 0.3) is 0 Å². The van der Waals surface area contributed by atoms with Gasteiger partial charge in [-0.15, -0.1) is 0 Å². The van der Waals surface area contributed by atoms with E-state index in [4.69, 9.17) is 5.73 Å². The highest BCUT2D eigenvalue weighted by molar-refractivity contribution is 5.95. The fourth-order valence-corrected chi connectivity index (χ4v) is 10.3. The molecule has 1 nitrogen and oxygen atoms in total. The van der Waals surface area contributed by atoms with Crippen molar-refractivity contribution in [1.82, 2.24) is 0 Å². The second-order valence-electron chi connectivity index (χ2n) is 15.3. The second-order valence-corrected chi connectivity index (χ2v) is 15.3. The van der Waals surface area contributed by atoms with Crippen LogP contribution in [0.5, 0.6) is 0 Å². The van der Waals surface area contributed by atoms with Crippen LogP contribution >= 0.6 is 0 Å². The van der Waals surface area contributed by atoms with Gasteiger partial charge in [0.15, 0.2) is 0 Å². The lowest BCUT2D eigenvalue weighted by molar-refractivity contribution is 0.768. The molecular formula is C56H39N. The summed E-state index contributed by atoms with van der Waals surface area (Å²) in [7, 11) is 0. The van der Waals surface area contributed by atoms with Crippen LogP contribution in [0.25, 0.3) is 44.5 Å². The highest BCUT2D eigenvalue weighted by atomic mass is 14.6. The Hall–Kier alpha value is -7.22. The molecule has 0 bridgehead atoms. The summed E-state index contributed by atoms with van der Waals surface area (Å²) >= 11 is 0. The molecule has 0 saturated heterocycles. The normalized spacial score (nSPS) is 14.0. The van der Waals surface area contributed by atoms with Crippen LogP contribution in [-0.2, 0) is 10.8 Å². The molecule has 11 rings (SSSR count). The molecule has 2 aliphatic carbocycles. The van der Waals surface area contributed by atoms with Gasteiger partial charge >= 0.3 is 0 Å². The standard InChI is InChI=1S/C56H39N/c57-54-44(38-32-34-48-46-26-13-15-30-50(46)55(52(48)36-38,40-18-5-1-6-19-40)41-20-7-2-8-21-41)28-17-29-45(54)39-33-35-49-47-27-14-16-31-51(47)56(53(49)37-39,42-22-9-3-10-23-42)43-24-11-4-12-25-43/h1-37H,57H2. The molecule has 0 unspecified atom stereocenters. The van der Waals surface area contributed by atoms with Crippen molar-refractivity contribution >= 4 is 5.69 Å². The van der Waals surface area contributed by atoms with Gasteiger partial charge in [-0.2, -0.15) is 0 Å². The number of hydrogen-bond donors (Lipinski definition) is 1. The molecule has 268 valence electrons. The Kier molecular flexibility index (Phi) is 7.52. The van der Waals surface area contributed by atoms with Gasteiger partial charge in [-0.05, 0) is 90.0 Å². The molecule has 0 saturated carbocycles. The number of nitrogen functional groups attached to an aromatic ring is 1. The molecule has 0 atom stereocenters. The number of rotatable bonds is 6. The predicted molar refractivity (Wildman–Crippen MR) is 236 cm³/mol. The van der Waals surface area contributed by atoms with Crippen molar-refractivity contribution in [2.24, 2.45) is 0 Å². The van der Waals surface area contributed by atoms with Crippen LogP contribution in [0.3, 0.4) is 0 Å². The summed E-state index contributed by atoms with van der Waals surface area (Å²) in [4.78, 5) is 0.